The molecule has 1 aromatic carbocycles. The highest BCUT2D eigenvalue weighted by Crippen LogP contribution is 2.32. The van der Waals surface area contributed by atoms with E-state index in [1.54, 1.807) is 17.5 Å². The maximum atomic E-state index is 6.10. The zero-order valence-electron chi connectivity index (χ0n) is 14.7. The van der Waals surface area contributed by atoms with Crippen LogP contribution in [0.4, 0.5) is 0 Å². The maximum absolute atomic E-state index is 6.10. The van der Waals surface area contributed by atoms with Crippen LogP contribution in [0, 0.1) is 0 Å². The third-order valence-corrected chi connectivity index (χ3v) is 4.52. The number of ether oxygens (including phenoxy) is 2. The van der Waals surface area contributed by atoms with Gasteiger partial charge in [-0.2, -0.15) is 0 Å². The average Bonchev–Trinajstić information content (AvgIpc) is 3.16. The van der Waals surface area contributed by atoms with Gasteiger partial charge in [0, 0.05) is 35.9 Å². The minimum atomic E-state index is 0. The van der Waals surface area contributed by atoms with Crippen molar-refractivity contribution in [1.29, 1.82) is 0 Å². The summed E-state index contributed by atoms with van der Waals surface area (Å²) < 4.78 is 11.9. The molecule has 0 saturated heterocycles. The molecular weight excluding hydrogens is 368 g/mol. The molecule has 0 unspecified atom stereocenters. The molecule has 0 radical (unpaired) electrons. The molecular formula is C20H22ClN2O2S-. The van der Waals surface area contributed by atoms with E-state index in [9.17, 15) is 0 Å². The number of hydrogen-bond acceptors (Lipinski definition) is 5. The predicted octanol–water partition coefficient (Wildman–Crippen LogP) is 1.41. The maximum Gasteiger partial charge on any atom is 0.166 e. The van der Waals surface area contributed by atoms with E-state index in [2.05, 4.69) is 33.9 Å². The van der Waals surface area contributed by atoms with Crippen molar-refractivity contribution in [2.75, 3.05) is 6.61 Å². The number of pyridine rings is 1. The van der Waals surface area contributed by atoms with Crippen LogP contribution in [0.2, 0.25) is 0 Å². The molecule has 0 spiro atoms. The summed E-state index contributed by atoms with van der Waals surface area (Å²) in [6.07, 6.45) is 3.66. The fourth-order valence-corrected chi connectivity index (χ4v) is 3.13. The van der Waals surface area contributed by atoms with Crippen LogP contribution >= 0.6 is 11.3 Å². The Balaban J connectivity index is 0.00000243. The molecule has 3 rings (SSSR count). The van der Waals surface area contributed by atoms with Gasteiger partial charge >= 0.3 is 0 Å². The van der Waals surface area contributed by atoms with E-state index in [-0.39, 0.29) is 12.4 Å². The van der Waals surface area contributed by atoms with Gasteiger partial charge in [-0.1, -0.05) is 24.3 Å². The largest absolute Gasteiger partial charge is 1.00 e. The summed E-state index contributed by atoms with van der Waals surface area (Å²) in [7, 11) is 0. The van der Waals surface area contributed by atoms with Gasteiger partial charge in [0.2, 0.25) is 0 Å². The predicted molar refractivity (Wildman–Crippen MR) is 101 cm³/mol. The smallest absolute Gasteiger partial charge is 0.166 e. The number of rotatable bonds is 9. The molecule has 0 amide bonds. The molecule has 4 nitrogen and oxygen atoms in total. The van der Waals surface area contributed by atoms with Crippen LogP contribution in [-0.2, 0) is 19.7 Å². The number of para-hydroxylation sites is 1. The third-order valence-electron chi connectivity index (χ3n) is 3.67. The zero-order valence-corrected chi connectivity index (χ0v) is 16.2. The first-order valence-electron chi connectivity index (χ1n) is 8.36. The minimum Gasteiger partial charge on any atom is -1.00 e. The molecule has 138 valence electrons. The van der Waals surface area contributed by atoms with Crippen molar-refractivity contribution in [2.24, 2.45) is 0 Å². The quantitative estimate of drug-likeness (QED) is 0.601. The second-order valence-corrected chi connectivity index (χ2v) is 6.54. The van der Waals surface area contributed by atoms with Crippen LogP contribution in [0.25, 0.3) is 0 Å². The Morgan fingerprint density at radius 3 is 2.69 bits per heavy atom. The first kappa shape index (κ1) is 20.2. The topological polar surface area (TPSA) is 43.4 Å². The lowest BCUT2D eigenvalue weighted by Gasteiger charge is -2.16. The summed E-state index contributed by atoms with van der Waals surface area (Å²) in [5, 5.41) is 5.51. The van der Waals surface area contributed by atoms with Gasteiger partial charge in [0.25, 0.3) is 0 Å². The first-order valence-corrected chi connectivity index (χ1v) is 9.24. The zero-order chi connectivity index (χ0) is 17.3. The number of benzene rings is 1. The summed E-state index contributed by atoms with van der Waals surface area (Å²) in [6, 6.07) is 14.2. The molecule has 0 aliphatic heterocycles. The van der Waals surface area contributed by atoms with Gasteiger partial charge in [-0.15, -0.1) is 11.3 Å². The van der Waals surface area contributed by atoms with E-state index < -0.39 is 0 Å². The SMILES string of the molecule is CCOc1cccc(CNCc2cccnc2)c1OCc1cccs1.[Cl-]. The molecule has 0 atom stereocenters. The molecule has 0 saturated carbocycles. The van der Waals surface area contributed by atoms with E-state index in [4.69, 9.17) is 9.47 Å². The third kappa shape index (κ3) is 5.73. The number of hydrogen-bond donors (Lipinski definition) is 1. The van der Waals surface area contributed by atoms with Crippen molar-refractivity contribution in [2.45, 2.75) is 26.6 Å². The van der Waals surface area contributed by atoms with Crippen molar-refractivity contribution in [3.63, 3.8) is 0 Å². The van der Waals surface area contributed by atoms with Gasteiger partial charge in [-0.05, 0) is 36.1 Å². The van der Waals surface area contributed by atoms with Gasteiger partial charge < -0.3 is 27.2 Å². The van der Waals surface area contributed by atoms with Crippen LogP contribution < -0.4 is 27.2 Å². The minimum absolute atomic E-state index is 0. The van der Waals surface area contributed by atoms with Crippen LogP contribution in [0.15, 0.2) is 60.2 Å². The average molecular weight is 390 g/mol. The van der Waals surface area contributed by atoms with E-state index in [0.29, 0.717) is 19.8 Å². The molecule has 2 heterocycles. The number of nitrogens with one attached hydrogen (secondary N) is 1. The Hall–Kier alpha value is -2.08. The van der Waals surface area contributed by atoms with Crippen molar-refractivity contribution in [1.82, 2.24) is 10.3 Å². The molecule has 1 N–H and O–H groups in total. The lowest BCUT2D eigenvalue weighted by atomic mass is 10.1. The van der Waals surface area contributed by atoms with Gasteiger partial charge in [0.15, 0.2) is 11.5 Å². The lowest BCUT2D eigenvalue weighted by Crippen LogP contribution is -3.00. The second kappa shape index (κ2) is 10.8. The molecule has 2 aromatic heterocycles. The summed E-state index contributed by atoms with van der Waals surface area (Å²) in [5.74, 6) is 1.61. The van der Waals surface area contributed by atoms with Crippen molar-refractivity contribution >= 4 is 11.3 Å². The van der Waals surface area contributed by atoms with E-state index >= 15 is 0 Å². The van der Waals surface area contributed by atoms with Gasteiger partial charge in [0.1, 0.15) is 6.61 Å². The molecule has 3 aromatic rings. The molecule has 0 bridgehead atoms. The Kier molecular flexibility index (Phi) is 8.41. The number of thiophene rings is 1. The van der Waals surface area contributed by atoms with Crippen LogP contribution in [0.5, 0.6) is 11.5 Å². The summed E-state index contributed by atoms with van der Waals surface area (Å²) >= 11 is 1.69. The standard InChI is InChI=1S/C20H22N2O2S.ClH/c1-2-23-19-9-3-7-17(14-22-13-16-6-4-10-21-12-16)20(19)24-15-18-8-5-11-25-18;/h3-12,22H,2,13-15H2,1H3;1H/p-1. The van der Waals surface area contributed by atoms with Gasteiger partial charge in [0.05, 0.1) is 6.61 Å². The van der Waals surface area contributed by atoms with E-state index in [1.807, 2.05) is 37.4 Å². The monoisotopic (exact) mass is 389 g/mol. The van der Waals surface area contributed by atoms with Gasteiger partial charge in [-0.25, -0.2) is 0 Å². The first-order chi connectivity index (χ1) is 12.4. The van der Waals surface area contributed by atoms with E-state index in [0.717, 1.165) is 29.2 Å². The second-order valence-electron chi connectivity index (χ2n) is 5.51. The number of nitrogens with zero attached hydrogens (tertiary/aromatic N) is 1. The van der Waals surface area contributed by atoms with Crippen molar-refractivity contribution in [3.05, 3.63) is 76.2 Å². The van der Waals surface area contributed by atoms with Gasteiger partial charge in [-0.3, -0.25) is 4.98 Å². The fraction of sp³-hybridized carbons (Fsp3) is 0.250. The lowest BCUT2D eigenvalue weighted by molar-refractivity contribution is -0.00000583. The number of halogens is 1. The van der Waals surface area contributed by atoms with E-state index in [1.165, 1.54) is 4.88 Å². The molecule has 0 aliphatic carbocycles. The number of aromatic nitrogens is 1. The summed E-state index contributed by atoms with van der Waals surface area (Å²) in [5.41, 5.74) is 2.25. The highest BCUT2D eigenvalue weighted by molar-refractivity contribution is 7.09. The van der Waals surface area contributed by atoms with Crippen LogP contribution in [0.3, 0.4) is 0 Å². The van der Waals surface area contributed by atoms with Crippen LogP contribution in [0.1, 0.15) is 22.9 Å². The fourth-order valence-electron chi connectivity index (χ4n) is 2.52. The Labute approximate surface area is 164 Å². The molecule has 0 aliphatic rings. The van der Waals surface area contributed by atoms with Crippen molar-refractivity contribution in [3.8, 4) is 11.5 Å². The molecule has 26 heavy (non-hydrogen) atoms. The Morgan fingerprint density at radius 1 is 1.04 bits per heavy atom. The molecule has 6 heteroatoms. The Morgan fingerprint density at radius 2 is 1.96 bits per heavy atom. The van der Waals surface area contributed by atoms with Crippen LogP contribution in [-0.4, -0.2) is 11.6 Å². The summed E-state index contributed by atoms with van der Waals surface area (Å²) in [4.78, 5) is 5.34. The normalized spacial score (nSPS) is 10.2. The highest BCUT2D eigenvalue weighted by Gasteiger charge is 2.11. The summed E-state index contributed by atoms with van der Waals surface area (Å²) in [6.45, 7) is 4.61. The highest BCUT2D eigenvalue weighted by atomic mass is 35.5. The van der Waals surface area contributed by atoms with Crippen molar-refractivity contribution < 1.29 is 21.9 Å². The Bertz CT molecular complexity index is 767. The molecule has 0 fully saturated rings.